The number of benzene rings is 3. The smallest absolute Gasteiger partial charge is 0.335 e. The average molecular weight is 630 g/mol. The monoisotopic (exact) mass is 628 g/mol. The van der Waals surface area contributed by atoms with E-state index >= 15 is 0 Å². The van der Waals surface area contributed by atoms with E-state index in [4.69, 9.17) is 38.7 Å². The van der Waals surface area contributed by atoms with E-state index in [9.17, 15) is 14.3 Å². The van der Waals surface area contributed by atoms with Gasteiger partial charge in [-0.05, 0) is 59.9 Å². The lowest BCUT2D eigenvalue weighted by molar-refractivity contribution is 0.0695. The van der Waals surface area contributed by atoms with Crippen molar-refractivity contribution in [2.24, 2.45) is 10.7 Å². The molecule has 1 aromatic heterocycles. The first-order chi connectivity index (χ1) is 20.1. The summed E-state index contributed by atoms with van der Waals surface area (Å²) in [6.45, 7) is 4.63. The number of imidazole rings is 1. The number of carbonyl (C=O) groups is 1. The van der Waals surface area contributed by atoms with Gasteiger partial charge in [0.15, 0.2) is 16.7 Å². The summed E-state index contributed by atoms with van der Waals surface area (Å²) < 4.78 is 21.6. The predicted molar refractivity (Wildman–Crippen MR) is 167 cm³/mol. The van der Waals surface area contributed by atoms with Crippen molar-refractivity contribution >= 4 is 47.3 Å². The first-order valence-electron chi connectivity index (χ1n) is 13.1. The molecule has 0 aliphatic rings. The molecule has 4 aromatic rings. The zero-order valence-corrected chi connectivity index (χ0v) is 25.7. The highest BCUT2D eigenvalue weighted by Crippen LogP contribution is 2.39. The Hall–Kier alpha value is -3.53. The molecule has 0 saturated carbocycles. The van der Waals surface area contributed by atoms with Crippen molar-refractivity contribution < 1.29 is 19.0 Å². The number of rotatable bonds is 12. The Morgan fingerprint density at radius 2 is 1.95 bits per heavy atom. The lowest BCUT2D eigenvalue weighted by Crippen LogP contribution is -2.23. The summed E-state index contributed by atoms with van der Waals surface area (Å²) in [5.41, 5.74) is 8.97. The molecule has 7 nitrogen and oxygen atoms in total. The molecule has 0 atom stereocenters. The molecule has 1 heterocycles. The minimum absolute atomic E-state index is 0.106. The molecule has 0 radical (unpaired) electrons. The van der Waals surface area contributed by atoms with Crippen LogP contribution < -0.4 is 10.5 Å². The maximum Gasteiger partial charge on any atom is 0.335 e. The van der Waals surface area contributed by atoms with Crippen LogP contribution in [0.25, 0.3) is 5.69 Å². The lowest BCUT2D eigenvalue weighted by atomic mass is 9.81. The number of hydrogen-bond acceptors (Lipinski definition) is 5. The molecule has 4 rings (SSSR count). The van der Waals surface area contributed by atoms with E-state index in [-0.39, 0.29) is 11.3 Å². The van der Waals surface area contributed by atoms with Crippen LogP contribution in [0.4, 0.5) is 4.39 Å². The molecular formula is C31H31Cl2FN4O3S. The number of halogens is 3. The minimum atomic E-state index is -0.982. The van der Waals surface area contributed by atoms with Gasteiger partial charge in [-0.1, -0.05) is 67.0 Å². The van der Waals surface area contributed by atoms with Crippen LogP contribution in [0, 0.1) is 5.82 Å². The Bertz CT molecular complexity index is 1620. The van der Waals surface area contributed by atoms with Gasteiger partial charge in [0.2, 0.25) is 0 Å². The summed E-state index contributed by atoms with van der Waals surface area (Å²) in [5.74, 6) is -0.893. The fourth-order valence-electron chi connectivity index (χ4n) is 4.66. The normalized spacial score (nSPS) is 11.8. The van der Waals surface area contributed by atoms with E-state index in [0.717, 1.165) is 22.4 Å². The van der Waals surface area contributed by atoms with E-state index in [1.807, 2.05) is 42.7 Å². The maximum atomic E-state index is 14.4. The number of carboxylic acids is 1. The third-order valence-electron chi connectivity index (χ3n) is 7.02. The molecule has 0 spiro atoms. The van der Waals surface area contributed by atoms with Crippen LogP contribution in [0.1, 0.15) is 53.0 Å². The molecule has 42 heavy (non-hydrogen) atoms. The van der Waals surface area contributed by atoms with Crippen molar-refractivity contribution in [2.45, 2.75) is 43.0 Å². The Labute approximate surface area is 258 Å². The molecule has 0 amide bonds. The quantitative estimate of drug-likeness (QED) is 0.0726. The van der Waals surface area contributed by atoms with Crippen molar-refractivity contribution in [1.29, 1.82) is 0 Å². The molecule has 0 aliphatic heterocycles. The number of aromatic nitrogens is 2. The number of aryl methyl sites for hydroxylation is 1. The molecule has 3 aromatic carbocycles. The molecule has 0 bridgehead atoms. The highest BCUT2D eigenvalue weighted by molar-refractivity contribution is 7.98. The van der Waals surface area contributed by atoms with Gasteiger partial charge in [-0.2, -0.15) is 0 Å². The van der Waals surface area contributed by atoms with Gasteiger partial charge in [-0.3, -0.25) is 9.56 Å². The summed E-state index contributed by atoms with van der Waals surface area (Å²) in [6.07, 6.45) is 4.31. The number of aliphatic imine (C=N–C) groups is 1. The minimum Gasteiger partial charge on any atom is -0.494 e. The second-order valence-electron chi connectivity index (χ2n) is 10.1. The van der Waals surface area contributed by atoms with Crippen molar-refractivity contribution in [3.63, 3.8) is 0 Å². The van der Waals surface area contributed by atoms with E-state index < -0.39 is 17.2 Å². The van der Waals surface area contributed by atoms with Gasteiger partial charge in [-0.15, -0.1) is 0 Å². The van der Waals surface area contributed by atoms with Crippen molar-refractivity contribution in [2.75, 3.05) is 13.7 Å². The summed E-state index contributed by atoms with van der Waals surface area (Å²) in [7, 11) is 1.42. The van der Waals surface area contributed by atoms with Gasteiger partial charge < -0.3 is 15.6 Å². The van der Waals surface area contributed by atoms with Crippen LogP contribution in [-0.4, -0.2) is 40.6 Å². The number of ether oxygens (including phenoxy) is 1. The zero-order valence-electron chi connectivity index (χ0n) is 23.4. The SMILES string of the molecule is COc1cc(-n2c(C(C)(C)c3ccc(Cl)c(Cl)c3)cnc2SCc2ccc(CCCN=CN)c(C(=O)O)c2)ccc1F. The fraction of sp³-hybridized carbons (Fsp3) is 0.258. The number of thioether (sulfide) groups is 1. The Morgan fingerprint density at radius 1 is 1.17 bits per heavy atom. The lowest BCUT2D eigenvalue weighted by Gasteiger charge is -2.28. The standard InChI is InChI=1S/C31H31Cl2FN4O3S/c1-31(2,21-8-10-24(32)25(33)14-21)28-16-37-30(38(28)22-9-11-26(34)27(15-22)41-3)42-17-19-6-7-20(5-4-12-36-18-35)23(13-19)29(39)40/h6-11,13-16,18H,4-5,12,17H2,1-3H3,(H2,35,36)(H,39,40). The molecule has 0 fully saturated rings. The van der Waals surface area contributed by atoms with Crippen LogP contribution in [0.3, 0.4) is 0 Å². The summed E-state index contributed by atoms with van der Waals surface area (Å²) in [5, 5.41) is 11.4. The molecular weight excluding hydrogens is 598 g/mol. The summed E-state index contributed by atoms with van der Waals surface area (Å²) in [4.78, 5) is 20.8. The third-order valence-corrected chi connectivity index (χ3v) is 8.78. The van der Waals surface area contributed by atoms with Gasteiger partial charge in [-0.25, -0.2) is 14.2 Å². The molecule has 220 valence electrons. The first-order valence-corrected chi connectivity index (χ1v) is 14.9. The highest BCUT2D eigenvalue weighted by Gasteiger charge is 2.30. The average Bonchev–Trinajstić information content (AvgIpc) is 3.41. The molecule has 0 aliphatic carbocycles. The van der Waals surface area contributed by atoms with Crippen LogP contribution in [0.15, 0.2) is 70.9 Å². The van der Waals surface area contributed by atoms with Gasteiger partial charge in [0, 0.05) is 23.8 Å². The summed E-state index contributed by atoms with van der Waals surface area (Å²) >= 11 is 14.0. The van der Waals surface area contributed by atoms with Crippen LogP contribution in [0.2, 0.25) is 10.0 Å². The van der Waals surface area contributed by atoms with Gasteiger partial charge in [0.25, 0.3) is 0 Å². The highest BCUT2D eigenvalue weighted by atomic mass is 35.5. The fourth-order valence-corrected chi connectivity index (χ4v) is 5.89. The van der Waals surface area contributed by atoms with Crippen LogP contribution in [-0.2, 0) is 17.6 Å². The number of methoxy groups -OCH3 is 1. The van der Waals surface area contributed by atoms with Crippen LogP contribution >= 0.6 is 35.0 Å². The largest absolute Gasteiger partial charge is 0.494 e. The number of nitrogens with two attached hydrogens (primary N) is 1. The number of aromatic carboxylic acids is 1. The molecule has 0 unspecified atom stereocenters. The van der Waals surface area contributed by atoms with E-state index in [2.05, 4.69) is 4.99 Å². The van der Waals surface area contributed by atoms with E-state index in [1.165, 1.54) is 31.3 Å². The Balaban J connectivity index is 1.71. The van der Waals surface area contributed by atoms with Crippen molar-refractivity contribution in [3.05, 3.63) is 105 Å². The van der Waals surface area contributed by atoms with Gasteiger partial charge >= 0.3 is 5.97 Å². The topological polar surface area (TPSA) is 103 Å². The van der Waals surface area contributed by atoms with Crippen molar-refractivity contribution in [1.82, 2.24) is 9.55 Å². The molecule has 11 heteroatoms. The maximum absolute atomic E-state index is 14.4. The Morgan fingerprint density at radius 3 is 2.64 bits per heavy atom. The van der Waals surface area contributed by atoms with Gasteiger partial charge in [0.1, 0.15) is 0 Å². The number of carboxylic acid groups (broad SMARTS) is 1. The second-order valence-corrected chi connectivity index (χ2v) is 11.8. The zero-order chi connectivity index (χ0) is 30.4. The van der Waals surface area contributed by atoms with E-state index in [1.54, 1.807) is 30.5 Å². The Kier molecular flexibility index (Phi) is 10.2. The number of hydrogen-bond donors (Lipinski definition) is 2. The molecule has 3 N–H and O–H groups in total. The number of nitrogens with zero attached hydrogens (tertiary/aromatic N) is 3. The summed E-state index contributed by atoms with van der Waals surface area (Å²) in [6, 6.07) is 15.6. The van der Waals surface area contributed by atoms with Crippen LogP contribution in [0.5, 0.6) is 5.75 Å². The first kappa shape index (κ1) is 31.4. The second kappa shape index (κ2) is 13.6. The predicted octanol–water partition coefficient (Wildman–Crippen LogP) is 7.56. The molecule has 0 saturated heterocycles. The van der Waals surface area contributed by atoms with E-state index in [0.29, 0.717) is 46.0 Å². The third kappa shape index (κ3) is 6.91. The van der Waals surface area contributed by atoms with Gasteiger partial charge in [0.05, 0.1) is 46.6 Å². The van der Waals surface area contributed by atoms with Crippen molar-refractivity contribution in [3.8, 4) is 11.4 Å².